The molecule has 3 aromatic carbocycles. The lowest BCUT2D eigenvalue weighted by atomic mass is 10.1. The van der Waals surface area contributed by atoms with E-state index in [4.69, 9.17) is 16.0 Å². The van der Waals surface area contributed by atoms with Crippen LogP contribution in [-0.2, 0) is 0 Å². The summed E-state index contributed by atoms with van der Waals surface area (Å²) in [5.41, 5.74) is -0.492. The topological polar surface area (TPSA) is 55.1 Å². The summed E-state index contributed by atoms with van der Waals surface area (Å²) in [4.78, 5) is 16.5. The molecule has 0 aliphatic carbocycles. The number of amides is 1. The molecule has 0 radical (unpaired) electrons. The summed E-state index contributed by atoms with van der Waals surface area (Å²) >= 11 is 8.26. The Balaban J connectivity index is 1.69. The number of hydrogen-bond donors (Lipinski definition) is 1. The van der Waals surface area contributed by atoms with Crippen LogP contribution in [0.15, 0.2) is 40.8 Å². The highest BCUT2D eigenvalue weighted by Crippen LogP contribution is 2.32. The molecule has 0 bridgehead atoms. The van der Waals surface area contributed by atoms with Crippen molar-refractivity contribution in [1.29, 1.82) is 0 Å². The fourth-order valence-electron chi connectivity index (χ4n) is 2.78. The summed E-state index contributed by atoms with van der Waals surface area (Å²) in [6.45, 7) is 0. The smallest absolute Gasteiger partial charge is 0.261 e. The molecule has 11 heteroatoms. The van der Waals surface area contributed by atoms with Crippen molar-refractivity contribution in [3.05, 3.63) is 79.6 Å². The van der Waals surface area contributed by atoms with Gasteiger partial charge in [-0.1, -0.05) is 11.6 Å². The molecule has 4 rings (SSSR count). The monoisotopic (exact) mass is 564 g/mol. The molecule has 0 saturated carbocycles. The molecule has 31 heavy (non-hydrogen) atoms. The predicted molar refractivity (Wildman–Crippen MR) is 111 cm³/mol. The molecule has 1 aromatic heterocycles. The number of carbonyl (C=O) groups excluding carboxylic acids is 1. The molecule has 1 amide bonds. The molecule has 0 atom stereocenters. The third-order valence-electron chi connectivity index (χ3n) is 4.24. The Morgan fingerprint density at radius 1 is 0.935 bits per heavy atom. The number of benzene rings is 3. The van der Waals surface area contributed by atoms with Gasteiger partial charge in [0.05, 0.1) is 10.6 Å². The number of oxazole rings is 1. The van der Waals surface area contributed by atoms with Crippen LogP contribution >= 0.6 is 34.2 Å². The fraction of sp³-hybridized carbons (Fsp3) is 0. The van der Waals surface area contributed by atoms with Gasteiger partial charge in [-0.2, -0.15) is 0 Å². The number of hydrogen-bond acceptors (Lipinski definition) is 3. The standard InChI is InChI=1S/C20H7ClF5IN2O2/c21-10-3-1-7(27)5-9(10)20-29-11-6-8(2-4-12(11)31-20)28-19(30)13-14(22)16(24)18(26)17(25)15(13)23/h1-6H,(H,28,30). The van der Waals surface area contributed by atoms with Gasteiger partial charge in [0.25, 0.3) is 5.91 Å². The Hall–Kier alpha value is -2.73. The lowest BCUT2D eigenvalue weighted by molar-refractivity contribution is 0.101. The van der Waals surface area contributed by atoms with E-state index in [2.05, 4.69) is 32.9 Å². The highest BCUT2D eigenvalue weighted by molar-refractivity contribution is 14.1. The third kappa shape index (κ3) is 3.85. The zero-order valence-corrected chi connectivity index (χ0v) is 17.8. The average molecular weight is 565 g/mol. The van der Waals surface area contributed by atoms with Gasteiger partial charge in [-0.25, -0.2) is 26.9 Å². The number of halogens is 7. The molecule has 0 fully saturated rings. The molecule has 158 valence electrons. The van der Waals surface area contributed by atoms with E-state index in [0.717, 1.165) is 3.57 Å². The molecular formula is C20H7ClF5IN2O2. The Morgan fingerprint density at radius 2 is 1.58 bits per heavy atom. The molecule has 0 unspecified atom stereocenters. The number of carbonyl (C=O) groups is 1. The summed E-state index contributed by atoms with van der Waals surface area (Å²) in [7, 11) is 0. The van der Waals surface area contributed by atoms with Crippen LogP contribution in [0, 0.1) is 32.7 Å². The van der Waals surface area contributed by atoms with Gasteiger partial charge in [0.15, 0.2) is 28.9 Å². The second kappa shape index (κ2) is 8.08. The van der Waals surface area contributed by atoms with Crippen LogP contribution in [0.5, 0.6) is 0 Å². The maximum atomic E-state index is 13.8. The second-order valence-corrected chi connectivity index (χ2v) is 7.88. The third-order valence-corrected chi connectivity index (χ3v) is 5.24. The molecule has 0 saturated heterocycles. The van der Waals surface area contributed by atoms with E-state index < -0.39 is 40.6 Å². The van der Waals surface area contributed by atoms with Crippen LogP contribution in [-0.4, -0.2) is 10.9 Å². The number of aromatic nitrogens is 1. The van der Waals surface area contributed by atoms with Crippen LogP contribution in [0.3, 0.4) is 0 Å². The minimum atomic E-state index is -2.35. The lowest BCUT2D eigenvalue weighted by Gasteiger charge is -2.09. The summed E-state index contributed by atoms with van der Waals surface area (Å²) in [5.74, 6) is -12.6. The van der Waals surface area contributed by atoms with Gasteiger partial charge in [-0.15, -0.1) is 0 Å². The first-order chi connectivity index (χ1) is 14.7. The molecule has 4 aromatic rings. The van der Waals surface area contributed by atoms with E-state index in [1.54, 1.807) is 18.2 Å². The normalized spacial score (nSPS) is 11.2. The van der Waals surface area contributed by atoms with Crippen molar-refractivity contribution in [2.24, 2.45) is 0 Å². The van der Waals surface area contributed by atoms with Crippen LogP contribution in [0.1, 0.15) is 10.4 Å². The number of nitrogens with one attached hydrogen (secondary N) is 1. The van der Waals surface area contributed by atoms with Crippen molar-refractivity contribution in [3.8, 4) is 11.5 Å². The largest absolute Gasteiger partial charge is 0.436 e. The van der Waals surface area contributed by atoms with Gasteiger partial charge in [0.2, 0.25) is 11.7 Å². The van der Waals surface area contributed by atoms with E-state index in [9.17, 15) is 26.7 Å². The van der Waals surface area contributed by atoms with E-state index in [1.165, 1.54) is 18.2 Å². The molecule has 0 aliphatic heterocycles. The zero-order valence-electron chi connectivity index (χ0n) is 14.9. The van der Waals surface area contributed by atoms with E-state index in [1.807, 2.05) is 0 Å². The van der Waals surface area contributed by atoms with Gasteiger partial charge in [-0.3, -0.25) is 4.79 Å². The average Bonchev–Trinajstić information content (AvgIpc) is 3.16. The van der Waals surface area contributed by atoms with Crippen molar-refractivity contribution in [1.82, 2.24) is 4.98 Å². The van der Waals surface area contributed by atoms with E-state index in [0.29, 0.717) is 16.2 Å². The maximum absolute atomic E-state index is 13.8. The molecule has 1 N–H and O–H groups in total. The van der Waals surface area contributed by atoms with Crippen molar-refractivity contribution >= 4 is 56.9 Å². The van der Waals surface area contributed by atoms with Crippen molar-refractivity contribution in [2.45, 2.75) is 0 Å². The number of nitrogens with zero attached hydrogens (tertiary/aromatic N) is 1. The quantitative estimate of drug-likeness (QED) is 0.130. The molecule has 0 aliphatic rings. The Labute approximate surface area is 189 Å². The Morgan fingerprint density at radius 3 is 2.26 bits per heavy atom. The van der Waals surface area contributed by atoms with Crippen LogP contribution in [0.4, 0.5) is 27.6 Å². The van der Waals surface area contributed by atoms with Crippen molar-refractivity contribution in [3.63, 3.8) is 0 Å². The number of fused-ring (bicyclic) bond motifs is 1. The minimum Gasteiger partial charge on any atom is -0.436 e. The van der Waals surface area contributed by atoms with Gasteiger partial charge in [0.1, 0.15) is 11.1 Å². The fourth-order valence-corrected chi connectivity index (χ4v) is 3.47. The Kier molecular flexibility index (Phi) is 5.60. The molecule has 1 heterocycles. The molecule has 4 nitrogen and oxygen atoms in total. The number of anilines is 1. The van der Waals surface area contributed by atoms with Crippen molar-refractivity contribution < 1.29 is 31.2 Å². The van der Waals surface area contributed by atoms with Crippen LogP contribution in [0.2, 0.25) is 5.02 Å². The van der Waals surface area contributed by atoms with Crippen LogP contribution in [0.25, 0.3) is 22.6 Å². The van der Waals surface area contributed by atoms with Gasteiger partial charge < -0.3 is 9.73 Å². The van der Waals surface area contributed by atoms with Gasteiger partial charge >= 0.3 is 0 Å². The maximum Gasteiger partial charge on any atom is 0.261 e. The van der Waals surface area contributed by atoms with E-state index >= 15 is 0 Å². The first-order valence-corrected chi connectivity index (χ1v) is 9.82. The zero-order chi connectivity index (χ0) is 22.4. The summed E-state index contributed by atoms with van der Waals surface area (Å²) < 4.78 is 74.1. The Bertz CT molecular complexity index is 1350. The highest BCUT2D eigenvalue weighted by atomic mass is 127. The molecular weight excluding hydrogens is 558 g/mol. The first-order valence-electron chi connectivity index (χ1n) is 8.36. The summed E-state index contributed by atoms with van der Waals surface area (Å²) in [6.07, 6.45) is 0. The van der Waals surface area contributed by atoms with Crippen LogP contribution < -0.4 is 5.32 Å². The lowest BCUT2D eigenvalue weighted by Crippen LogP contribution is -2.19. The minimum absolute atomic E-state index is 0.00460. The van der Waals surface area contributed by atoms with E-state index in [-0.39, 0.29) is 17.1 Å². The number of rotatable bonds is 3. The van der Waals surface area contributed by atoms with Gasteiger partial charge in [0, 0.05) is 9.26 Å². The summed E-state index contributed by atoms with van der Waals surface area (Å²) in [6, 6.07) is 9.26. The first kappa shape index (κ1) is 21.5. The summed E-state index contributed by atoms with van der Waals surface area (Å²) in [5, 5.41) is 2.49. The van der Waals surface area contributed by atoms with Gasteiger partial charge in [-0.05, 0) is 59.0 Å². The highest BCUT2D eigenvalue weighted by Gasteiger charge is 2.29. The second-order valence-electron chi connectivity index (χ2n) is 6.22. The SMILES string of the molecule is O=C(Nc1ccc2oc(-c3cc(I)ccc3Cl)nc2c1)c1c(F)c(F)c(F)c(F)c1F. The van der Waals surface area contributed by atoms with Crippen molar-refractivity contribution in [2.75, 3.05) is 5.32 Å². The molecule has 0 spiro atoms. The predicted octanol–water partition coefficient (Wildman–Crippen LogP) is 6.70.